The number of Topliss-reactive ketones (excluding diaryl/α,β-unsaturated/α-hetero) is 1. The van der Waals surface area contributed by atoms with E-state index in [-0.39, 0.29) is 0 Å². The third-order valence-corrected chi connectivity index (χ3v) is 3.98. The highest BCUT2D eigenvalue weighted by molar-refractivity contribution is 5.80. The maximum Gasteiger partial charge on any atom is 0.133 e. The molecule has 1 aromatic rings. The van der Waals surface area contributed by atoms with Crippen molar-refractivity contribution in [1.82, 2.24) is 0 Å². The molecule has 0 saturated heterocycles. The Morgan fingerprint density at radius 1 is 1.00 bits per heavy atom. The first-order valence-corrected chi connectivity index (χ1v) is 5.86. The van der Waals surface area contributed by atoms with Crippen LogP contribution < -0.4 is 0 Å². The summed E-state index contributed by atoms with van der Waals surface area (Å²) in [5.74, 6) is 0.481. The van der Waals surface area contributed by atoms with Crippen molar-refractivity contribution in [3.63, 3.8) is 0 Å². The smallest absolute Gasteiger partial charge is 0.133 e. The van der Waals surface area contributed by atoms with Gasteiger partial charge in [0.25, 0.3) is 0 Å². The highest BCUT2D eigenvalue weighted by atomic mass is 16.1. The molecule has 3 rings (SSSR count). The minimum absolute atomic E-state index is 0.305. The molecule has 0 bridgehead atoms. The van der Waals surface area contributed by atoms with Gasteiger partial charge in [-0.25, -0.2) is 0 Å². The molecule has 15 heavy (non-hydrogen) atoms. The predicted molar refractivity (Wildman–Crippen MR) is 59.8 cm³/mol. The summed E-state index contributed by atoms with van der Waals surface area (Å²) >= 11 is 0. The fraction of sp³-hybridized carbons (Fsp3) is 0.500. The summed E-state index contributed by atoms with van der Waals surface area (Å²) in [5.41, 5.74) is 3.26. The molecule has 2 aliphatic carbocycles. The van der Waals surface area contributed by atoms with Gasteiger partial charge in [0.05, 0.1) is 0 Å². The first kappa shape index (κ1) is 9.14. The molecule has 2 aliphatic rings. The van der Waals surface area contributed by atoms with Gasteiger partial charge in [-0.05, 0) is 42.2 Å². The maximum absolute atomic E-state index is 11.6. The van der Waals surface area contributed by atoms with Crippen LogP contribution in [0.25, 0.3) is 0 Å². The Kier molecular flexibility index (Phi) is 1.95. The second kappa shape index (κ2) is 3.19. The lowest BCUT2D eigenvalue weighted by atomic mass is 9.71. The summed E-state index contributed by atoms with van der Waals surface area (Å²) in [4.78, 5) is 11.6. The van der Waals surface area contributed by atoms with Crippen LogP contribution in [0.2, 0.25) is 0 Å². The number of carbonyl (C=O) groups excluding carboxylic acids is 1. The summed E-state index contributed by atoms with van der Waals surface area (Å²) in [6.45, 7) is 0. The number of benzene rings is 1. The van der Waals surface area contributed by atoms with E-state index in [1.54, 1.807) is 0 Å². The monoisotopic (exact) mass is 200 g/mol. The van der Waals surface area contributed by atoms with Crippen molar-refractivity contribution >= 4 is 5.78 Å². The molecule has 0 N–H and O–H groups in total. The zero-order valence-electron chi connectivity index (χ0n) is 8.96. The maximum atomic E-state index is 11.6. The third-order valence-electron chi connectivity index (χ3n) is 3.98. The van der Waals surface area contributed by atoms with Crippen LogP contribution in [0.3, 0.4) is 0 Å². The van der Waals surface area contributed by atoms with Gasteiger partial charge in [-0.3, -0.25) is 4.79 Å². The van der Waals surface area contributed by atoms with E-state index in [1.807, 2.05) is 0 Å². The number of hydrogen-bond acceptors (Lipinski definition) is 1. The molecule has 1 saturated carbocycles. The van der Waals surface area contributed by atoms with Gasteiger partial charge in [0.2, 0.25) is 0 Å². The first-order valence-electron chi connectivity index (χ1n) is 5.86. The van der Waals surface area contributed by atoms with Gasteiger partial charge in [-0.1, -0.05) is 24.3 Å². The van der Waals surface area contributed by atoms with Crippen LogP contribution in [0, 0.1) is 5.41 Å². The molecule has 0 unspecified atom stereocenters. The lowest BCUT2D eigenvalue weighted by Gasteiger charge is -2.32. The van der Waals surface area contributed by atoms with E-state index >= 15 is 0 Å². The zero-order chi connectivity index (χ0) is 10.3. The topological polar surface area (TPSA) is 17.1 Å². The van der Waals surface area contributed by atoms with Crippen LogP contribution in [-0.2, 0) is 17.6 Å². The molecule has 78 valence electrons. The number of carbonyl (C=O) groups is 1. The zero-order valence-corrected chi connectivity index (χ0v) is 8.96. The average molecular weight is 200 g/mol. The fourth-order valence-electron chi connectivity index (χ4n) is 3.33. The Labute approximate surface area is 90.5 Å². The molecular weight excluding hydrogens is 184 g/mol. The van der Waals surface area contributed by atoms with Crippen LogP contribution >= 0.6 is 0 Å². The average Bonchev–Trinajstić information content (AvgIpc) is 2.54. The Balaban J connectivity index is 1.90. The van der Waals surface area contributed by atoms with Crippen LogP contribution in [-0.4, -0.2) is 5.78 Å². The highest BCUT2D eigenvalue weighted by Crippen LogP contribution is 2.46. The molecule has 0 atom stereocenters. The van der Waals surface area contributed by atoms with Gasteiger partial charge in [-0.2, -0.15) is 0 Å². The number of rotatable bonds is 0. The Morgan fingerprint density at radius 3 is 2.27 bits per heavy atom. The van der Waals surface area contributed by atoms with Crippen molar-refractivity contribution in [2.45, 2.75) is 38.5 Å². The number of ketones is 1. The lowest BCUT2D eigenvalue weighted by molar-refractivity contribution is -0.123. The van der Waals surface area contributed by atoms with Crippen molar-refractivity contribution in [1.29, 1.82) is 0 Å². The van der Waals surface area contributed by atoms with Crippen LogP contribution in [0.1, 0.15) is 36.8 Å². The Bertz CT molecular complexity index is 381. The van der Waals surface area contributed by atoms with Crippen molar-refractivity contribution < 1.29 is 4.79 Å². The summed E-state index contributed by atoms with van der Waals surface area (Å²) in [6, 6.07) is 8.68. The summed E-state index contributed by atoms with van der Waals surface area (Å²) in [7, 11) is 0. The van der Waals surface area contributed by atoms with E-state index in [1.165, 1.54) is 17.5 Å². The van der Waals surface area contributed by atoms with Crippen LogP contribution in [0.5, 0.6) is 0 Å². The third kappa shape index (κ3) is 1.50. The number of hydrogen-bond donors (Lipinski definition) is 0. The van der Waals surface area contributed by atoms with Gasteiger partial charge < -0.3 is 0 Å². The number of fused-ring (bicyclic) bond motifs is 1. The van der Waals surface area contributed by atoms with E-state index in [2.05, 4.69) is 24.3 Å². The molecule has 0 amide bonds. The molecule has 0 radical (unpaired) electrons. The van der Waals surface area contributed by atoms with E-state index in [4.69, 9.17) is 0 Å². The molecular formula is C14H16O. The lowest BCUT2D eigenvalue weighted by Crippen LogP contribution is -2.29. The summed E-state index contributed by atoms with van der Waals surface area (Å²) in [5, 5.41) is 0. The fourth-order valence-corrected chi connectivity index (χ4v) is 3.33. The molecule has 1 fully saturated rings. The SMILES string of the molecule is O=C1CCCC2(C1)Cc1ccccc1C2. The minimum atomic E-state index is 0.305. The van der Waals surface area contributed by atoms with Crippen molar-refractivity contribution in [2.24, 2.45) is 5.41 Å². The molecule has 0 aromatic heterocycles. The van der Waals surface area contributed by atoms with Gasteiger partial charge in [-0.15, -0.1) is 0 Å². The van der Waals surface area contributed by atoms with Crippen LogP contribution in [0.4, 0.5) is 0 Å². The van der Waals surface area contributed by atoms with Gasteiger partial charge in [0.1, 0.15) is 5.78 Å². The minimum Gasteiger partial charge on any atom is -0.300 e. The van der Waals surface area contributed by atoms with Crippen LogP contribution in [0.15, 0.2) is 24.3 Å². The molecule has 1 heteroatoms. The summed E-state index contributed by atoms with van der Waals surface area (Å²) in [6.07, 6.45) is 6.25. The molecule has 0 aliphatic heterocycles. The van der Waals surface area contributed by atoms with E-state index in [9.17, 15) is 4.79 Å². The largest absolute Gasteiger partial charge is 0.300 e. The molecule has 0 heterocycles. The molecule has 1 nitrogen and oxygen atoms in total. The van der Waals surface area contributed by atoms with Gasteiger partial charge >= 0.3 is 0 Å². The standard InChI is InChI=1S/C14H16O/c15-13-6-3-7-14(10-13)8-11-4-1-2-5-12(11)9-14/h1-2,4-5H,3,6-10H2. The first-order chi connectivity index (χ1) is 7.27. The molecule has 1 spiro atoms. The predicted octanol–water partition coefficient (Wildman–Crippen LogP) is 2.91. The quantitative estimate of drug-likeness (QED) is 0.629. The van der Waals surface area contributed by atoms with Crippen molar-refractivity contribution in [3.8, 4) is 0 Å². The van der Waals surface area contributed by atoms with Gasteiger partial charge in [0.15, 0.2) is 0 Å². The Hall–Kier alpha value is -1.11. The van der Waals surface area contributed by atoms with E-state index in [0.717, 1.165) is 32.1 Å². The normalized spacial score (nSPS) is 23.1. The summed E-state index contributed by atoms with van der Waals surface area (Å²) < 4.78 is 0. The second-order valence-corrected chi connectivity index (χ2v) is 5.19. The van der Waals surface area contributed by atoms with E-state index in [0.29, 0.717) is 11.2 Å². The highest BCUT2D eigenvalue weighted by Gasteiger charge is 2.40. The van der Waals surface area contributed by atoms with Crippen molar-refractivity contribution in [3.05, 3.63) is 35.4 Å². The second-order valence-electron chi connectivity index (χ2n) is 5.19. The van der Waals surface area contributed by atoms with Crippen molar-refractivity contribution in [2.75, 3.05) is 0 Å². The molecule has 1 aromatic carbocycles. The van der Waals surface area contributed by atoms with Gasteiger partial charge in [0, 0.05) is 12.8 Å². The van der Waals surface area contributed by atoms with E-state index < -0.39 is 0 Å². The Morgan fingerprint density at radius 2 is 1.67 bits per heavy atom.